The maximum Gasteiger partial charge on any atom is 0.234 e. The molecule has 2 aromatic rings. The number of thiazole rings is 1. The van der Waals surface area contributed by atoms with Gasteiger partial charge in [0.2, 0.25) is 5.91 Å². The average Bonchev–Trinajstić information content (AvgIpc) is 2.89. The second-order valence-electron chi connectivity index (χ2n) is 5.83. The highest BCUT2D eigenvalue weighted by molar-refractivity contribution is 7.09. The fourth-order valence-corrected chi connectivity index (χ4v) is 2.89. The van der Waals surface area contributed by atoms with E-state index in [9.17, 15) is 13.6 Å². The molecule has 1 aromatic carbocycles. The monoisotopic (exact) mass is 339 g/mol. The van der Waals surface area contributed by atoms with Crippen LogP contribution in [0.25, 0.3) is 0 Å². The molecule has 124 valence electrons. The minimum Gasteiger partial charge on any atom is -0.351 e. The Kier molecular flexibility index (Phi) is 5.43. The SMILES string of the molecule is Cc1csc(C(C)(C)NCC(=O)NCc2cc(F)cc(F)c2)n1. The van der Waals surface area contributed by atoms with Gasteiger partial charge in [-0.25, -0.2) is 13.8 Å². The highest BCUT2D eigenvalue weighted by Crippen LogP contribution is 2.23. The molecule has 0 fully saturated rings. The van der Waals surface area contributed by atoms with Crippen LogP contribution in [0.3, 0.4) is 0 Å². The predicted molar refractivity (Wildman–Crippen MR) is 86.1 cm³/mol. The van der Waals surface area contributed by atoms with E-state index < -0.39 is 17.2 Å². The first-order valence-corrected chi connectivity index (χ1v) is 8.03. The van der Waals surface area contributed by atoms with Crippen molar-refractivity contribution in [1.82, 2.24) is 15.6 Å². The van der Waals surface area contributed by atoms with Crippen molar-refractivity contribution in [2.45, 2.75) is 32.9 Å². The molecule has 0 aliphatic heterocycles. The first kappa shape index (κ1) is 17.5. The van der Waals surface area contributed by atoms with Crippen molar-refractivity contribution in [2.75, 3.05) is 6.54 Å². The summed E-state index contributed by atoms with van der Waals surface area (Å²) in [5.41, 5.74) is 0.893. The lowest BCUT2D eigenvalue weighted by molar-refractivity contribution is -0.120. The number of aryl methyl sites for hydroxylation is 1. The molecule has 0 aliphatic rings. The summed E-state index contributed by atoms with van der Waals surface area (Å²) >= 11 is 1.53. The lowest BCUT2D eigenvalue weighted by Crippen LogP contribution is -2.43. The molecule has 4 nitrogen and oxygen atoms in total. The summed E-state index contributed by atoms with van der Waals surface area (Å²) in [6, 6.07) is 3.18. The van der Waals surface area contributed by atoms with Gasteiger partial charge in [-0.1, -0.05) is 0 Å². The van der Waals surface area contributed by atoms with Crippen LogP contribution >= 0.6 is 11.3 Å². The molecule has 0 bridgehead atoms. The van der Waals surface area contributed by atoms with Crippen molar-refractivity contribution in [2.24, 2.45) is 0 Å². The van der Waals surface area contributed by atoms with Crippen molar-refractivity contribution in [3.05, 3.63) is 51.5 Å². The summed E-state index contributed by atoms with van der Waals surface area (Å²) < 4.78 is 26.2. The van der Waals surface area contributed by atoms with Crippen LogP contribution in [0.15, 0.2) is 23.6 Å². The number of nitrogens with zero attached hydrogens (tertiary/aromatic N) is 1. The maximum absolute atomic E-state index is 13.1. The van der Waals surface area contributed by atoms with Crippen LogP contribution in [0, 0.1) is 18.6 Å². The number of halogens is 2. The quantitative estimate of drug-likeness (QED) is 0.851. The predicted octanol–water partition coefficient (Wildman–Crippen LogP) is 2.87. The number of hydrogen-bond acceptors (Lipinski definition) is 4. The molecule has 0 saturated heterocycles. The molecule has 0 unspecified atom stereocenters. The Labute approximate surface area is 137 Å². The smallest absolute Gasteiger partial charge is 0.234 e. The van der Waals surface area contributed by atoms with E-state index in [2.05, 4.69) is 15.6 Å². The van der Waals surface area contributed by atoms with E-state index in [1.54, 1.807) is 0 Å². The molecule has 0 radical (unpaired) electrons. The van der Waals surface area contributed by atoms with Gasteiger partial charge in [0.1, 0.15) is 16.6 Å². The Morgan fingerprint density at radius 2 is 1.91 bits per heavy atom. The van der Waals surface area contributed by atoms with E-state index >= 15 is 0 Å². The largest absolute Gasteiger partial charge is 0.351 e. The Morgan fingerprint density at radius 1 is 1.26 bits per heavy atom. The molecule has 1 aromatic heterocycles. The Hall–Kier alpha value is -1.86. The zero-order valence-electron chi connectivity index (χ0n) is 13.2. The van der Waals surface area contributed by atoms with Crippen LogP contribution in [0.4, 0.5) is 8.78 Å². The number of carbonyl (C=O) groups is 1. The van der Waals surface area contributed by atoms with Gasteiger partial charge < -0.3 is 5.32 Å². The fraction of sp³-hybridized carbons (Fsp3) is 0.375. The topological polar surface area (TPSA) is 54.0 Å². The van der Waals surface area contributed by atoms with E-state index in [4.69, 9.17) is 0 Å². The highest BCUT2D eigenvalue weighted by Gasteiger charge is 2.24. The van der Waals surface area contributed by atoms with E-state index in [0.717, 1.165) is 16.8 Å². The van der Waals surface area contributed by atoms with Gasteiger partial charge >= 0.3 is 0 Å². The molecular weight excluding hydrogens is 320 g/mol. The van der Waals surface area contributed by atoms with Crippen molar-refractivity contribution in [3.63, 3.8) is 0 Å². The van der Waals surface area contributed by atoms with E-state index in [1.807, 2.05) is 26.2 Å². The summed E-state index contributed by atoms with van der Waals surface area (Å²) in [6.45, 7) is 5.97. The fourth-order valence-electron chi connectivity index (χ4n) is 1.99. The van der Waals surface area contributed by atoms with Gasteiger partial charge in [0.25, 0.3) is 0 Å². The number of benzene rings is 1. The first-order chi connectivity index (χ1) is 10.8. The summed E-state index contributed by atoms with van der Waals surface area (Å²) in [6.07, 6.45) is 0. The van der Waals surface area contributed by atoms with Crippen LogP contribution in [-0.2, 0) is 16.9 Å². The molecular formula is C16H19F2N3OS. The normalized spacial score (nSPS) is 11.5. The Morgan fingerprint density at radius 3 is 2.48 bits per heavy atom. The molecule has 7 heteroatoms. The number of nitrogens with one attached hydrogen (secondary N) is 2. The van der Waals surface area contributed by atoms with Crippen LogP contribution < -0.4 is 10.6 Å². The molecule has 23 heavy (non-hydrogen) atoms. The van der Waals surface area contributed by atoms with Gasteiger partial charge in [-0.3, -0.25) is 10.1 Å². The second-order valence-corrected chi connectivity index (χ2v) is 6.69. The standard InChI is InChI=1S/C16H19F2N3OS/c1-10-9-23-15(21-10)16(2,3)20-8-14(22)19-7-11-4-12(17)6-13(18)5-11/h4-6,9,20H,7-8H2,1-3H3,(H,19,22). The third-order valence-electron chi connectivity index (χ3n) is 3.26. The lowest BCUT2D eigenvalue weighted by atomic mass is 10.1. The lowest BCUT2D eigenvalue weighted by Gasteiger charge is -2.23. The highest BCUT2D eigenvalue weighted by atomic mass is 32.1. The van der Waals surface area contributed by atoms with Gasteiger partial charge in [0, 0.05) is 23.7 Å². The molecule has 0 aliphatic carbocycles. The van der Waals surface area contributed by atoms with Crippen LogP contribution in [0.5, 0.6) is 0 Å². The van der Waals surface area contributed by atoms with Gasteiger partial charge in [-0.05, 0) is 38.5 Å². The van der Waals surface area contributed by atoms with Crippen LogP contribution in [-0.4, -0.2) is 17.4 Å². The van der Waals surface area contributed by atoms with E-state index in [-0.39, 0.29) is 19.0 Å². The molecule has 0 spiro atoms. The zero-order chi connectivity index (χ0) is 17.0. The Bertz CT molecular complexity index is 680. The summed E-state index contributed by atoms with van der Waals surface area (Å²) in [7, 11) is 0. The number of hydrogen-bond donors (Lipinski definition) is 2. The van der Waals surface area contributed by atoms with E-state index in [1.165, 1.54) is 23.5 Å². The number of carbonyl (C=O) groups excluding carboxylic acids is 1. The molecule has 1 heterocycles. The Balaban J connectivity index is 1.85. The minimum atomic E-state index is -0.660. The molecule has 0 atom stereocenters. The molecule has 2 rings (SSSR count). The summed E-state index contributed by atoms with van der Waals surface area (Å²) in [5.74, 6) is -1.57. The number of amides is 1. The number of aromatic nitrogens is 1. The number of rotatable bonds is 6. The average molecular weight is 339 g/mol. The first-order valence-electron chi connectivity index (χ1n) is 7.15. The maximum atomic E-state index is 13.1. The zero-order valence-corrected chi connectivity index (χ0v) is 14.1. The third-order valence-corrected chi connectivity index (χ3v) is 4.54. The van der Waals surface area contributed by atoms with Gasteiger partial charge in [0.05, 0.1) is 12.1 Å². The van der Waals surface area contributed by atoms with Crippen molar-refractivity contribution < 1.29 is 13.6 Å². The molecule has 0 saturated carbocycles. The summed E-state index contributed by atoms with van der Waals surface area (Å²) in [5, 5.41) is 8.62. The van der Waals surface area contributed by atoms with Crippen molar-refractivity contribution >= 4 is 17.2 Å². The third kappa shape index (κ3) is 5.07. The van der Waals surface area contributed by atoms with Gasteiger partial charge in [0.15, 0.2) is 0 Å². The van der Waals surface area contributed by atoms with Crippen LogP contribution in [0.1, 0.15) is 30.1 Å². The second kappa shape index (κ2) is 7.14. The van der Waals surface area contributed by atoms with Crippen molar-refractivity contribution in [3.8, 4) is 0 Å². The van der Waals surface area contributed by atoms with Gasteiger partial charge in [-0.2, -0.15) is 0 Å². The summed E-state index contributed by atoms with van der Waals surface area (Å²) in [4.78, 5) is 16.3. The molecule has 2 N–H and O–H groups in total. The van der Waals surface area contributed by atoms with E-state index in [0.29, 0.717) is 5.56 Å². The minimum absolute atomic E-state index is 0.0754. The van der Waals surface area contributed by atoms with Crippen molar-refractivity contribution in [1.29, 1.82) is 0 Å². The molecule has 1 amide bonds. The van der Waals surface area contributed by atoms with Crippen LogP contribution in [0.2, 0.25) is 0 Å². The van der Waals surface area contributed by atoms with Gasteiger partial charge in [-0.15, -0.1) is 11.3 Å².